The molecule has 0 radical (unpaired) electrons. The molecule has 0 aliphatic heterocycles. The average Bonchev–Trinajstić information content (AvgIpc) is 2.65. The molecule has 76 valence electrons. The van der Waals surface area contributed by atoms with Crippen molar-refractivity contribution in [1.29, 1.82) is 0 Å². The van der Waals surface area contributed by atoms with E-state index in [1.165, 1.54) is 12.1 Å². The third-order valence-corrected chi connectivity index (χ3v) is 1.88. The van der Waals surface area contributed by atoms with E-state index in [1.807, 2.05) is 0 Å². The lowest BCUT2D eigenvalue weighted by molar-refractivity contribution is 0.0697. The van der Waals surface area contributed by atoms with Crippen molar-refractivity contribution in [2.24, 2.45) is 0 Å². The van der Waals surface area contributed by atoms with E-state index >= 15 is 0 Å². The van der Waals surface area contributed by atoms with Crippen molar-refractivity contribution in [3.8, 4) is 11.4 Å². The summed E-state index contributed by atoms with van der Waals surface area (Å²) in [6.45, 7) is 0. The molecule has 0 spiro atoms. The summed E-state index contributed by atoms with van der Waals surface area (Å²) in [7, 11) is 0. The quantitative estimate of drug-likeness (QED) is 0.663. The lowest BCUT2D eigenvalue weighted by Crippen LogP contribution is -2.00. The number of hydrogen-bond donors (Lipinski definition) is 3. The number of aromatic amines is 2. The summed E-state index contributed by atoms with van der Waals surface area (Å²) in [6, 6.07) is 6.16. The van der Waals surface area contributed by atoms with Gasteiger partial charge in [0.1, 0.15) is 0 Å². The molecule has 0 aliphatic rings. The van der Waals surface area contributed by atoms with Crippen LogP contribution in [0.15, 0.2) is 29.1 Å². The standard InChI is InChI=1S/C9H7N3O3/c13-8(14)6-3-1-2-5(4-6)7-10-9(15)12-11-7/h1-4H,(H,13,14)(H2,10,11,12,15). The molecule has 3 N–H and O–H groups in total. The maximum absolute atomic E-state index is 10.8. The van der Waals surface area contributed by atoms with Gasteiger partial charge >= 0.3 is 11.7 Å². The first-order valence-corrected chi connectivity index (χ1v) is 4.15. The van der Waals surface area contributed by atoms with Crippen molar-refractivity contribution in [3.05, 3.63) is 40.3 Å². The maximum atomic E-state index is 10.8. The Balaban J connectivity index is 2.49. The van der Waals surface area contributed by atoms with E-state index in [4.69, 9.17) is 5.11 Å². The second-order valence-electron chi connectivity index (χ2n) is 2.91. The molecule has 0 atom stereocenters. The largest absolute Gasteiger partial charge is 0.478 e. The third kappa shape index (κ3) is 1.78. The molecule has 1 aromatic carbocycles. The van der Waals surface area contributed by atoms with Gasteiger partial charge < -0.3 is 5.11 Å². The summed E-state index contributed by atoms with van der Waals surface area (Å²) < 4.78 is 0. The predicted molar refractivity (Wildman–Crippen MR) is 51.6 cm³/mol. The molecule has 0 saturated carbocycles. The topological polar surface area (TPSA) is 98.8 Å². The number of aromatic nitrogens is 3. The summed E-state index contributed by atoms with van der Waals surface area (Å²) in [5, 5.41) is 14.7. The minimum absolute atomic E-state index is 0.149. The SMILES string of the molecule is O=C(O)c1cccc(-c2n[nH]c(=O)[nH]2)c1. The number of carboxylic acid groups (broad SMARTS) is 1. The van der Waals surface area contributed by atoms with Crippen LogP contribution in [0, 0.1) is 0 Å². The van der Waals surface area contributed by atoms with Gasteiger partial charge in [-0.05, 0) is 12.1 Å². The first-order valence-electron chi connectivity index (χ1n) is 4.15. The van der Waals surface area contributed by atoms with Gasteiger partial charge in [0.15, 0.2) is 5.82 Å². The Morgan fingerprint density at radius 3 is 2.80 bits per heavy atom. The van der Waals surface area contributed by atoms with Gasteiger partial charge in [0.25, 0.3) is 0 Å². The Hall–Kier alpha value is -2.37. The molecule has 6 heteroatoms. The lowest BCUT2D eigenvalue weighted by Gasteiger charge is -1.97. The summed E-state index contributed by atoms with van der Waals surface area (Å²) in [6.07, 6.45) is 0. The second kappa shape index (κ2) is 3.41. The number of aromatic carboxylic acids is 1. The van der Waals surface area contributed by atoms with Crippen LogP contribution >= 0.6 is 0 Å². The highest BCUT2D eigenvalue weighted by Gasteiger charge is 2.06. The zero-order valence-electron chi connectivity index (χ0n) is 7.52. The van der Waals surface area contributed by atoms with Gasteiger partial charge in [-0.2, -0.15) is 5.10 Å². The van der Waals surface area contributed by atoms with Crippen LogP contribution in [0.3, 0.4) is 0 Å². The molecule has 0 unspecified atom stereocenters. The smallest absolute Gasteiger partial charge is 0.340 e. The average molecular weight is 205 g/mol. The van der Waals surface area contributed by atoms with Crippen molar-refractivity contribution in [3.63, 3.8) is 0 Å². The number of nitrogens with zero attached hydrogens (tertiary/aromatic N) is 1. The number of benzene rings is 1. The summed E-state index contributed by atoms with van der Waals surface area (Å²) in [5.41, 5.74) is 0.273. The molecule has 1 aromatic heterocycles. The highest BCUT2D eigenvalue weighted by molar-refractivity contribution is 5.89. The highest BCUT2D eigenvalue weighted by Crippen LogP contribution is 2.14. The molecule has 0 bridgehead atoms. The van der Waals surface area contributed by atoms with E-state index in [9.17, 15) is 9.59 Å². The van der Waals surface area contributed by atoms with E-state index in [-0.39, 0.29) is 5.56 Å². The molecule has 6 nitrogen and oxygen atoms in total. The fourth-order valence-corrected chi connectivity index (χ4v) is 1.21. The monoisotopic (exact) mass is 205 g/mol. The summed E-state index contributed by atoms with van der Waals surface area (Å²) in [4.78, 5) is 23.9. The molecular weight excluding hydrogens is 198 g/mol. The summed E-state index contributed by atoms with van der Waals surface area (Å²) >= 11 is 0. The zero-order valence-corrected chi connectivity index (χ0v) is 7.52. The van der Waals surface area contributed by atoms with Crippen LogP contribution in [0.25, 0.3) is 11.4 Å². The number of carboxylic acids is 1. The van der Waals surface area contributed by atoms with Gasteiger partial charge in [-0.25, -0.2) is 14.7 Å². The highest BCUT2D eigenvalue weighted by atomic mass is 16.4. The first kappa shape index (κ1) is 9.20. The van der Waals surface area contributed by atoms with E-state index in [2.05, 4.69) is 15.2 Å². The maximum Gasteiger partial charge on any atom is 0.340 e. The minimum atomic E-state index is -1.02. The Labute approximate surface area is 83.6 Å². The Kier molecular flexibility index (Phi) is 2.09. The molecule has 0 saturated heterocycles. The van der Waals surface area contributed by atoms with E-state index in [1.54, 1.807) is 12.1 Å². The molecule has 0 aliphatic carbocycles. The van der Waals surface area contributed by atoms with Gasteiger partial charge in [-0.1, -0.05) is 12.1 Å². The molecule has 2 rings (SSSR count). The van der Waals surface area contributed by atoms with Crippen molar-refractivity contribution >= 4 is 5.97 Å². The van der Waals surface area contributed by atoms with E-state index in [0.717, 1.165) is 0 Å². The zero-order chi connectivity index (χ0) is 10.8. The minimum Gasteiger partial charge on any atom is -0.478 e. The Morgan fingerprint density at radius 2 is 2.20 bits per heavy atom. The van der Waals surface area contributed by atoms with Crippen LogP contribution in [-0.2, 0) is 0 Å². The third-order valence-electron chi connectivity index (χ3n) is 1.88. The van der Waals surface area contributed by atoms with Gasteiger partial charge in [0.05, 0.1) is 5.56 Å². The molecule has 1 heterocycles. The molecule has 15 heavy (non-hydrogen) atoms. The van der Waals surface area contributed by atoms with Crippen molar-refractivity contribution in [2.45, 2.75) is 0 Å². The molecule has 0 amide bonds. The first-order chi connectivity index (χ1) is 7.16. The fraction of sp³-hybridized carbons (Fsp3) is 0. The van der Waals surface area contributed by atoms with Gasteiger partial charge in [0.2, 0.25) is 0 Å². The fourth-order valence-electron chi connectivity index (χ4n) is 1.21. The van der Waals surface area contributed by atoms with Gasteiger partial charge in [-0.15, -0.1) is 0 Å². The number of hydrogen-bond acceptors (Lipinski definition) is 3. The Bertz CT molecular complexity index is 555. The van der Waals surface area contributed by atoms with E-state index < -0.39 is 11.7 Å². The van der Waals surface area contributed by atoms with Crippen LogP contribution in [0.1, 0.15) is 10.4 Å². The van der Waals surface area contributed by atoms with Gasteiger partial charge in [0, 0.05) is 5.56 Å². The van der Waals surface area contributed by atoms with E-state index in [0.29, 0.717) is 11.4 Å². The van der Waals surface area contributed by atoms with Crippen molar-refractivity contribution in [1.82, 2.24) is 15.2 Å². The number of carbonyl (C=O) groups is 1. The van der Waals surface area contributed by atoms with Crippen LogP contribution in [0.2, 0.25) is 0 Å². The number of H-pyrrole nitrogens is 2. The Morgan fingerprint density at radius 1 is 1.40 bits per heavy atom. The molecule has 2 aromatic rings. The molecular formula is C9H7N3O3. The van der Waals surface area contributed by atoms with Crippen molar-refractivity contribution < 1.29 is 9.90 Å². The number of nitrogens with one attached hydrogen (secondary N) is 2. The number of rotatable bonds is 2. The summed E-state index contributed by atoms with van der Waals surface area (Å²) in [5.74, 6) is -0.696. The van der Waals surface area contributed by atoms with Crippen LogP contribution in [-0.4, -0.2) is 26.3 Å². The van der Waals surface area contributed by atoms with Crippen LogP contribution in [0.4, 0.5) is 0 Å². The predicted octanol–water partition coefficient (Wildman–Crippen LogP) is 0.463. The van der Waals surface area contributed by atoms with Crippen molar-refractivity contribution in [2.75, 3.05) is 0 Å². The lowest BCUT2D eigenvalue weighted by atomic mass is 10.1. The van der Waals surface area contributed by atoms with Crippen LogP contribution in [0.5, 0.6) is 0 Å². The molecule has 0 fully saturated rings. The van der Waals surface area contributed by atoms with Crippen LogP contribution < -0.4 is 5.69 Å². The normalized spacial score (nSPS) is 10.1. The second-order valence-corrected chi connectivity index (χ2v) is 2.91. The van der Waals surface area contributed by atoms with Gasteiger partial charge in [-0.3, -0.25) is 4.98 Å².